The van der Waals surface area contributed by atoms with Gasteiger partial charge in [0.1, 0.15) is 0 Å². The van der Waals surface area contributed by atoms with E-state index in [1.54, 1.807) is 0 Å². The average Bonchev–Trinajstić information content (AvgIpc) is 2.55. The fraction of sp³-hybridized carbons (Fsp3) is 0.588. The molecule has 0 radical (unpaired) electrons. The van der Waals surface area contributed by atoms with E-state index < -0.39 is 0 Å². The van der Waals surface area contributed by atoms with Crippen LogP contribution < -0.4 is 4.90 Å². The number of benzene rings is 1. The number of nitrogens with zero attached hydrogens (tertiary/aromatic N) is 2. The highest BCUT2D eigenvalue weighted by Gasteiger charge is 2.40. The third-order valence-corrected chi connectivity index (χ3v) is 4.80. The van der Waals surface area contributed by atoms with Crippen LogP contribution in [0.4, 0.5) is 5.69 Å². The van der Waals surface area contributed by atoms with Gasteiger partial charge in [0.15, 0.2) is 0 Å². The van der Waals surface area contributed by atoms with Crippen molar-refractivity contribution in [3.63, 3.8) is 0 Å². The summed E-state index contributed by atoms with van der Waals surface area (Å²) in [4.78, 5) is 2.31. The molecule has 1 unspecified atom stereocenters. The van der Waals surface area contributed by atoms with E-state index >= 15 is 0 Å². The maximum absolute atomic E-state index is 9.05. The van der Waals surface area contributed by atoms with Crippen molar-refractivity contribution in [1.29, 1.82) is 5.26 Å². The summed E-state index contributed by atoms with van der Waals surface area (Å²) in [5.74, 6) is 0. The van der Waals surface area contributed by atoms with E-state index in [0.717, 1.165) is 51.2 Å². The Morgan fingerprint density at radius 2 is 2.10 bits per heavy atom. The SMILES string of the molecule is CN(c1cccc(C#N)c1)C1CCOC2(CCOCC2)C1. The molecule has 21 heavy (non-hydrogen) atoms. The van der Waals surface area contributed by atoms with Crippen LogP contribution in [0.3, 0.4) is 0 Å². The van der Waals surface area contributed by atoms with Crippen molar-refractivity contribution in [1.82, 2.24) is 0 Å². The van der Waals surface area contributed by atoms with Gasteiger partial charge in [0.05, 0.1) is 17.2 Å². The molecule has 0 saturated carbocycles. The minimum Gasteiger partial charge on any atom is -0.381 e. The molecular formula is C17H22N2O2. The van der Waals surface area contributed by atoms with Gasteiger partial charge in [-0.15, -0.1) is 0 Å². The smallest absolute Gasteiger partial charge is 0.0992 e. The highest BCUT2D eigenvalue weighted by atomic mass is 16.5. The van der Waals surface area contributed by atoms with Gasteiger partial charge in [-0.05, 0) is 43.9 Å². The summed E-state index contributed by atoms with van der Waals surface area (Å²) in [5, 5.41) is 9.05. The summed E-state index contributed by atoms with van der Waals surface area (Å²) < 4.78 is 11.6. The van der Waals surface area contributed by atoms with Gasteiger partial charge in [-0.2, -0.15) is 5.26 Å². The molecule has 1 spiro atoms. The van der Waals surface area contributed by atoms with Crippen molar-refractivity contribution < 1.29 is 9.47 Å². The van der Waals surface area contributed by atoms with Crippen molar-refractivity contribution in [2.24, 2.45) is 0 Å². The van der Waals surface area contributed by atoms with Gasteiger partial charge in [-0.1, -0.05) is 6.07 Å². The molecule has 112 valence electrons. The average molecular weight is 286 g/mol. The van der Waals surface area contributed by atoms with Crippen molar-refractivity contribution in [3.05, 3.63) is 29.8 Å². The molecule has 3 rings (SSSR count). The lowest BCUT2D eigenvalue weighted by molar-refractivity contribution is -0.137. The molecule has 4 heteroatoms. The highest BCUT2D eigenvalue weighted by Crippen LogP contribution is 2.36. The monoisotopic (exact) mass is 286 g/mol. The Hall–Kier alpha value is -1.57. The molecule has 0 bridgehead atoms. The lowest BCUT2D eigenvalue weighted by atomic mass is 9.83. The van der Waals surface area contributed by atoms with Crippen molar-refractivity contribution >= 4 is 5.69 Å². The summed E-state index contributed by atoms with van der Waals surface area (Å²) in [6.45, 7) is 2.42. The van der Waals surface area contributed by atoms with Gasteiger partial charge in [0.2, 0.25) is 0 Å². The zero-order valence-electron chi connectivity index (χ0n) is 12.5. The van der Waals surface area contributed by atoms with Crippen LogP contribution in [0.2, 0.25) is 0 Å². The van der Waals surface area contributed by atoms with E-state index in [2.05, 4.69) is 24.1 Å². The molecule has 1 aromatic rings. The zero-order valence-corrected chi connectivity index (χ0v) is 12.5. The Morgan fingerprint density at radius 1 is 1.29 bits per heavy atom. The minimum absolute atomic E-state index is 0.00225. The maximum atomic E-state index is 9.05. The van der Waals surface area contributed by atoms with Crippen LogP contribution in [0.15, 0.2) is 24.3 Å². The summed E-state index contributed by atoms with van der Waals surface area (Å²) in [6, 6.07) is 10.5. The molecule has 4 nitrogen and oxygen atoms in total. The van der Waals surface area contributed by atoms with Gasteiger partial charge in [0, 0.05) is 38.6 Å². The van der Waals surface area contributed by atoms with Crippen LogP contribution in [0.5, 0.6) is 0 Å². The summed E-state index contributed by atoms with van der Waals surface area (Å²) in [7, 11) is 2.12. The molecular weight excluding hydrogens is 264 g/mol. The molecule has 2 fully saturated rings. The molecule has 1 atom stereocenters. The molecule has 2 aliphatic heterocycles. The topological polar surface area (TPSA) is 45.5 Å². The van der Waals surface area contributed by atoms with Gasteiger partial charge in [0.25, 0.3) is 0 Å². The lowest BCUT2D eigenvalue weighted by Gasteiger charge is -2.46. The number of hydrogen-bond acceptors (Lipinski definition) is 4. The molecule has 1 aromatic carbocycles. The first-order chi connectivity index (χ1) is 10.2. The van der Waals surface area contributed by atoms with E-state index in [1.165, 1.54) is 0 Å². The first kappa shape index (κ1) is 14.4. The molecule has 2 saturated heterocycles. The van der Waals surface area contributed by atoms with Crippen LogP contribution in [0.1, 0.15) is 31.2 Å². The maximum Gasteiger partial charge on any atom is 0.0992 e. The first-order valence-electron chi connectivity index (χ1n) is 7.67. The van der Waals surface area contributed by atoms with E-state index in [4.69, 9.17) is 14.7 Å². The number of hydrogen-bond donors (Lipinski definition) is 0. The predicted octanol–water partition coefficient (Wildman–Crippen LogP) is 2.72. The van der Waals surface area contributed by atoms with E-state index in [-0.39, 0.29) is 5.60 Å². The number of rotatable bonds is 2. The standard InChI is InChI=1S/C17H22N2O2/c1-19(15-4-2-3-14(11-15)13-18)16-5-8-21-17(12-16)6-9-20-10-7-17/h2-4,11,16H,5-10,12H2,1H3. The second-order valence-electron chi connectivity index (χ2n) is 6.06. The molecule has 0 aliphatic carbocycles. The predicted molar refractivity (Wildman–Crippen MR) is 81.3 cm³/mol. The van der Waals surface area contributed by atoms with Crippen molar-refractivity contribution in [2.45, 2.75) is 37.3 Å². The quantitative estimate of drug-likeness (QED) is 0.838. The number of ether oxygens (including phenoxy) is 2. The Bertz CT molecular complexity index is 526. The van der Waals surface area contributed by atoms with Crippen molar-refractivity contribution in [2.75, 3.05) is 31.8 Å². The lowest BCUT2D eigenvalue weighted by Crippen LogP contribution is -2.50. The third-order valence-electron chi connectivity index (χ3n) is 4.80. The Labute approximate surface area is 126 Å². The van der Waals surface area contributed by atoms with E-state index in [0.29, 0.717) is 11.6 Å². The second kappa shape index (κ2) is 6.05. The van der Waals surface area contributed by atoms with Gasteiger partial charge in [-0.25, -0.2) is 0 Å². The molecule has 0 N–H and O–H groups in total. The Morgan fingerprint density at radius 3 is 2.86 bits per heavy atom. The normalized spacial score (nSPS) is 24.5. The van der Waals surface area contributed by atoms with Gasteiger partial charge >= 0.3 is 0 Å². The molecule has 0 amide bonds. The largest absolute Gasteiger partial charge is 0.381 e. The fourth-order valence-electron chi connectivity index (χ4n) is 3.43. The van der Waals surface area contributed by atoms with Crippen LogP contribution >= 0.6 is 0 Å². The minimum atomic E-state index is 0.00225. The molecule has 2 heterocycles. The molecule has 0 aromatic heterocycles. The second-order valence-corrected chi connectivity index (χ2v) is 6.06. The summed E-state index contributed by atoms with van der Waals surface area (Å²) in [6.07, 6.45) is 4.07. The van der Waals surface area contributed by atoms with Crippen LogP contribution in [0, 0.1) is 11.3 Å². The van der Waals surface area contributed by atoms with E-state index in [9.17, 15) is 0 Å². The third kappa shape index (κ3) is 3.04. The van der Waals surface area contributed by atoms with Gasteiger partial charge < -0.3 is 14.4 Å². The number of nitriles is 1. The first-order valence-corrected chi connectivity index (χ1v) is 7.67. The van der Waals surface area contributed by atoms with Gasteiger partial charge in [-0.3, -0.25) is 0 Å². The fourth-order valence-corrected chi connectivity index (χ4v) is 3.43. The summed E-state index contributed by atoms with van der Waals surface area (Å²) >= 11 is 0. The van der Waals surface area contributed by atoms with Crippen LogP contribution in [-0.4, -0.2) is 38.5 Å². The van der Waals surface area contributed by atoms with E-state index in [1.807, 2.05) is 18.2 Å². The Balaban J connectivity index is 1.74. The molecule has 2 aliphatic rings. The van der Waals surface area contributed by atoms with Crippen LogP contribution in [-0.2, 0) is 9.47 Å². The van der Waals surface area contributed by atoms with Crippen molar-refractivity contribution in [3.8, 4) is 6.07 Å². The number of anilines is 1. The zero-order chi connectivity index (χ0) is 14.7. The summed E-state index contributed by atoms with van der Waals surface area (Å²) in [5.41, 5.74) is 1.83. The highest BCUT2D eigenvalue weighted by molar-refractivity contribution is 5.51. The Kier molecular flexibility index (Phi) is 4.14. The van der Waals surface area contributed by atoms with Crippen LogP contribution in [0.25, 0.3) is 0 Å².